The van der Waals surface area contributed by atoms with Crippen LogP contribution in [0.5, 0.6) is 0 Å². The van der Waals surface area contributed by atoms with Gasteiger partial charge in [0.2, 0.25) is 12.6 Å². The molecule has 3 N–H and O–H groups in total. The first kappa shape index (κ1) is 43.5. The molecule has 0 aliphatic rings. The number of carboxylic acids is 2. The van der Waals surface area contributed by atoms with Crippen LogP contribution in [-0.4, -0.2) is 76.6 Å². The monoisotopic (exact) mass is 628 g/mol. The number of aliphatic carboxylic acids is 2. The summed E-state index contributed by atoms with van der Waals surface area (Å²) in [6, 6.07) is 7.11. The Morgan fingerprint density at radius 1 is 0.795 bits per heavy atom. The van der Waals surface area contributed by atoms with Crippen molar-refractivity contribution in [2.24, 2.45) is 5.92 Å². The SMILES string of the molecule is CCCCCCN(N[C@@H](CC(C)C)C(=O)O)C(=O)C=O.CCCCCCN(N[C@@H](Cc1ccccc1)C(=O)[O-])C(=O)C=O.[Na+]. The summed E-state index contributed by atoms with van der Waals surface area (Å²) in [5, 5.41) is 22.7. The number of carboxylic acid groups (broad SMARTS) is 2. The Hall–Kier alpha value is -2.64. The molecule has 0 spiro atoms. The van der Waals surface area contributed by atoms with Crippen molar-refractivity contribution < 1.29 is 68.5 Å². The van der Waals surface area contributed by atoms with Crippen molar-refractivity contribution in [2.75, 3.05) is 13.1 Å². The fourth-order valence-corrected chi connectivity index (χ4v) is 4.09. The number of hydrazine groups is 2. The molecule has 0 aliphatic carbocycles. The molecular weight excluding hydrogens is 579 g/mol. The summed E-state index contributed by atoms with van der Waals surface area (Å²) in [6.45, 7) is 8.60. The van der Waals surface area contributed by atoms with Gasteiger partial charge in [0.1, 0.15) is 6.04 Å². The first-order chi connectivity index (χ1) is 20.5. The molecule has 1 rings (SSSR count). The van der Waals surface area contributed by atoms with Crippen LogP contribution in [0.2, 0.25) is 0 Å². The Kier molecular flexibility index (Phi) is 26.4. The summed E-state index contributed by atoms with van der Waals surface area (Å²) in [4.78, 5) is 67.1. The average Bonchev–Trinajstić information content (AvgIpc) is 2.98. The van der Waals surface area contributed by atoms with Crippen LogP contribution < -0.4 is 45.5 Å². The van der Waals surface area contributed by atoms with Gasteiger partial charge < -0.3 is 15.0 Å². The number of aldehydes is 2. The predicted molar refractivity (Wildman–Crippen MR) is 160 cm³/mol. The van der Waals surface area contributed by atoms with E-state index >= 15 is 0 Å². The smallest absolute Gasteiger partial charge is 0.548 e. The quantitative estimate of drug-likeness (QED) is 0.0478. The van der Waals surface area contributed by atoms with E-state index in [9.17, 15) is 33.9 Å². The number of unbranched alkanes of at least 4 members (excludes halogenated alkanes) is 6. The van der Waals surface area contributed by atoms with Crippen LogP contribution in [0.1, 0.15) is 91.0 Å². The van der Waals surface area contributed by atoms with E-state index in [-0.39, 0.29) is 61.0 Å². The van der Waals surface area contributed by atoms with Gasteiger partial charge in [-0.2, -0.15) is 0 Å². The Morgan fingerprint density at radius 2 is 1.25 bits per heavy atom. The van der Waals surface area contributed by atoms with Crippen molar-refractivity contribution in [3.63, 3.8) is 0 Å². The fourth-order valence-electron chi connectivity index (χ4n) is 4.09. The zero-order valence-corrected chi connectivity index (χ0v) is 29.0. The fraction of sp³-hybridized carbons (Fsp3) is 0.613. The van der Waals surface area contributed by atoms with Gasteiger partial charge in [0.15, 0.2) is 0 Å². The van der Waals surface area contributed by atoms with Crippen molar-refractivity contribution in [1.82, 2.24) is 20.9 Å². The van der Waals surface area contributed by atoms with E-state index in [0.717, 1.165) is 60.5 Å². The third-order valence-corrected chi connectivity index (χ3v) is 6.40. The normalized spacial score (nSPS) is 11.7. The molecule has 0 aliphatic heterocycles. The third-order valence-electron chi connectivity index (χ3n) is 6.40. The summed E-state index contributed by atoms with van der Waals surface area (Å²) >= 11 is 0. The van der Waals surface area contributed by atoms with Crippen molar-refractivity contribution in [1.29, 1.82) is 0 Å². The summed E-state index contributed by atoms with van der Waals surface area (Å²) in [5.41, 5.74) is 6.09. The maximum Gasteiger partial charge on any atom is 1.00 e. The van der Waals surface area contributed by atoms with Gasteiger partial charge in [-0.3, -0.25) is 34.0 Å². The zero-order chi connectivity index (χ0) is 32.6. The predicted octanol–water partition coefficient (Wildman–Crippen LogP) is -0.938. The van der Waals surface area contributed by atoms with E-state index < -0.39 is 35.8 Å². The van der Waals surface area contributed by atoms with Crippen LogP contribution in [0.4, 0.5) is 0 Å². The topological polar surface area (TPSA) is 176 Å². The van der Waals surface area contributed by atoms with Gasteiger partial charge in [-0.05, 0) is 37.2 Å². The maximum atomic E-state index is 11.7. The first-order valence-corrected chi connectivity index (χ1v) is 15.0. The molecule has 0 aromatic heterocycles. The zero-order valence-electron chi connectivity index (χ0n) is 27.0. The first-order valence-electron chi connectivity index (χ1n) is 15.0. The summed E-state index contributed by atoms with van der Waals surface area (Å²) in [5.74, 6) is -3.66. The van der Waals surface area contributed by atoms with Crippen LogP contribution in [0.25, 0.3) is 0 Å². The molecule has 2 atom stereocenters. The molecular formula is C31H49N4NaO8. The van der Waals surface area contributed by atoms with E-state index in [0.29, 0.717) is 19.4 Å². The Balaban J connectivity index is 0. The van der Waals surface area contributed by atoms with Crippen LogP contribution in [-0.2, 0) is 35.2 Å². The largest absolute Gasteiger partial charge is 1.00 e. The summed E-state index contributed by atoms with van der Waals surface area (Å²) < 4.78 is 0. The average molecular weight is 629 g/mol. The number of nitrogens with one attached hydrogen (secondary N) is 2. The van der Waals surface area contributed by atoms with E-state index in [1.165, 1.54) is 0 Å². The molecule has 242 valence electrons. The number of rotatable bonds is 22. The van der Waals surface area contributed by atoms with E-state index in [1.807, 2.05) is 19.9 Å². The van der Waals surface area contributed by atoms with Gasteiger partial charge in [0.05, 0.1) is 12.0 Å². The number of hydrogen-bond acceptors (Lipinski definition) is 9. The summed E-state index contributed by atoms with van der Waals surface area (Å²) in [6.07, 6.45) is 8.45. The number of carbonyl (C=O) groups excluding carboxylic acids is 5. The van der Waals surface area contributed by atoms with Crippen molar-refractivity contribution in [3.05, 3.63) is 35.9 Å². The van der Waals surface area contributed by atoms with E-state index in [2.05, 4.69) is 24.7 Å². The van der Waals surface area contributed by atoms with Gasteiger partial charge in [-0.1, -0.05) is 96.6 Å². The molecule has 0 saturated carbocycles. The molecule has 13 heteroatoms. The van der Waals surface area contributed by atoms with Gasteiger partial charge in [-0.15, -0.1) is 0 Å². The van der Waals surface area contributed by atoms with Crippen LogP contribution >= 0.6 is 0 Å². The molecule has 0 saturated heterocycles. The number of benzene rings is 1. The van der Waals surface area contributed by atoms with Gasteiger partial charge in [-0.25, -0.2) is 10.9 Å². The molecule has 0 fully saturated rings. The van der Waals surface area contributed by atoms with Gasteiger partial charge in [0.25, 0.3) is 0 Å². The minimum Gasteiger partial charge on any atom is -0.548 e. The minimum absolute atomic E-state index is 0. The van der Waals surface area contributed by atoms with Crippen LogP contribution in [0.15, 0.2) is 30.3 Å². The molecule has 1 aromatic rings. The van der Waals surface area contributed by atoms with E-state index in [4.69, 9.17) is 5.11 Å². The molecule has 12 nitrogen and oxygen atoms in total. The number of amides is 2. The second kappa shape index (κ2) is 26.7. The Bertz CT molecular complexity index is 981. The standard InChI is InChI=1S/C17H24N2O4.C14H26N2O4.Na/c1-2-3-4-8-11-19(16(21)13-20)18-15(17(22)23)12-14-9-6-5-7-10-14;1-4-5-6-7-8-16(13(18)10-17)15-12(14(19)20)9-11(2)3;/h5-7,9-10,13,15,18H,2-4,8,11-12H2,1H3,(H,22,23);10-12,15H,4-9H2,1-3H3,(H,19,20);/q;;+1/p-1/t15-;12-;/m00./s1. The molecule has 0 bridgehead atoms. The molecule has 0 unspecified atom stereocenters. The molecule has 2 amide bonds. The van der Waals surface area contributed by atoms with Crippen molar-refractivity contribution in [3.8, 4) is 0 Å². The van der Waals surface area contributed by atoms with Crippen molar-refractivity contribution >= 4 is 36.3 Å². The number of hydrogen-bond donors (Lipinski definition) is 3. The number of carbonyl (C=O) groups is 6. The number of nitrogens with zero attached hydrogens (tertiary/aromatic N) is 2. The van der Waals surface area contributed by atoms with E-state index in [1.54, 1.807) is 24.3 Å². The molecule has 44 heavy (non-hydrogen) atoms. The third kappa shape index (κ3) is 20.3. The van der Waals surface area contributed by atoms with Gasteiger partial charge in [0, 0.05) is 13.1 Å². The van der Waals surface area contributed by atoms with Crippen LogP contribution in [0, 0.1) is 5.92 Å². The second-order valence-electron chi connectivity index (χ2n) is 10.7. The Labute approximate surface area is 283 Å². The molecule has 0 heterocycles. The second-order valence-corrected chi connectivity index (χ2v) is 10.7. The van der Waals surface area contributed by atoms with Crippen LogP contribution in [0.3, 0.4) is 0 Å². The summed E-state index contributed by atoms with van der Waals surface area (Å²) in [7, 11) is 0. The maximum absolute atomic E-state index is 11.7. The molecule has 1 aromatic carbocycles. The minimum atomic E-state index is -1.31. The van der Waals surface area contributed by atoms with Crippen molar-refractivity contribution in [2.45, 2.75) is 104 Å². The Morgan fingerprint density at radius 3 is 1.61 bits per heavy atom. The van der Waals surface area contributed by atoms with Gasteiger partial charge >= 0.3 is 47.3 Å². The molecule has 0 radical (unpaired) electrons.